The first-order chi connectivity index (χ1) is 16.6. The van der Waals surface area contributed by atoms with Gasteiger partial charge in [0.1, 0.15) is 5.82 Å². The Kier molecular flexibility index (Phi) is 6.08. The lowest BCUT2D eigenvalue weighted by Crippen LogP contribution is -2.42. The van der Waals surface area contributed by atoms with Crippen LogP contribution in [-0.4, -0.2) is 62.8 Å². The van der Waals surface area contributed by atoms with Crippen molar-refractivity contribution in [2.75, 3.05) is 36.5 Å². The normalized spacial score (nSPS) is 20.1. The number of benzene rings is 1. The first-order valence-electron chi connectivity index (χ1n) is 11.8. The quantitative estimate of drug-likeness (QED) is 0.559. The predicted octanol–water partition coefficient (Wildman–Crippen LogP) is 4.02. The van der Waals surface area contributed by atoms with Crippen molar-refractivity contribution >= 4 is 22.8 Å². The molecule has 8 nitrogen and oxygen atoms in total. The van der Waals surface area contributed by atoms with Gasteiger partial charge in [-0.2, -0.15) is 28.2 Å². The number of rotatable bonds is 5. The summed E-state index contributed by atoms with van der Waals surface area (Å²) in [6.07, 6.45) is -0.429. The summed E-state index contributed by atoms with van der Waals surface area (Å²) in [7, 11) is 0. The molecule has 0 aliphatic carbocycles. The van der Waals surface area contributed by atoms with Gasteiger partial charge in [-0.05, 0) is 57.2 Å². The van der Waals surface area contributed by atoms with Crippen molar-refractivity contribution in [3.05, 3.63) is 36.0 Å². The van der Waals surface area contributed by atoms with E-state index in [1.165, 1.54) is 10.7 Å². The van der Waals surface area contributed by atoms with E-state index in [0.29, 0.717) is 49.1 Å². The summed E-state index contributed by atoms with van der Waals surface area (Å²) in [6.45, 7) is 6.25. The van der Waals surface area contributed by atoms with Crippen LogP contribution in [0.3, 0.4) is 0 Å². The molecule has 4 heterocycles. The number of nitrogens with zero attached hydrogens (tertiary/aromatic N) is 5. The van der Waals surface area contributed by atoms with Crippen LogP contribution in [0, 0.1) is 5.92 Å². The van der Waals surface area contributed by atoms with Crippen LogP contribution in [0.25, 0.3) is 16.7 Å². The Balaban J connectivity index is 1.55. The number of anilines is 2. The number of hydrogen-bond acceptors (Lipinski definition) is 7. The Morgan fingerprint density at radius 3 is 2.54 bits per heavy atom. The molecule has 3 aromatic rings. The van der Waals surface area contributed by atoms with E-state index in [4.69, 9.17) is 9.72 Å². The van der Waals surface area contributed by atoms with Gasteiger partial charge in [0.25, 0.3) is 0 Å². The molecule has 1 atom stereocenters. The van der Waals surface area contributed by atoms with Crippen molar-refractivity contribution in [1.82, 2.24) is 19.7 Å². The molecule has 1 aromatic carbocycles. The summed E-state index contributed by atoms with van der Waals surface area (Å²) in [6, 6.07) is 5.11. The molecule has 2 fully saturated rings. The fraction of sp³-hybridized carbons (Fsp3) is 0.542. The SMILES string of the molecule is CC(C)(O)C1CCN(c2nc(N[C@@H]3CCOC3)nc3c2cnn3-c2cccc(C(F)(F)F)c2)CC1. The van der Waals surface area contributed by atoms with Gasteiger partial charge in [0, 0.05) is 19.7 Å². The Hall–Kier alpha value is -2.92. The number of halogens is 3. The fourth-order valence-corrected chi connectivity index (χ4v) is 4.83. The molecule has 0 spiro atoms. The molecule has 0 bridgehead atoms. The zero-order valence-electron chi connectivity index (χ0n) is 19.7. The second-order valence-electron chi connectivity index (χ2n) is 9.83. The molecule has 2 aliphatic rings. The molecular weight excluding hydrogens is 461 g/mol. The molecule has 11 heteroatoms. The van der Waals surface area contributed by atoms with Gasteiger partial charge in [-0.1, -0.05) is 6.07 Å². The van der Waals surface area contributed by atoms with Crippen LogP contribution in [0.1, 0.15) is 38.7 Å². The van der Waals surface area contributed by atoms with Crippen LogP contribution in [0.15, 0.2) is 30.5 Å². The van der Waals surface area contributed by atoms with Crippen LogP contribution >= 0.6 is 0 Å². The van der Waals surface area contributed by atoms with Crippen LogP contribution in [0.2, 0.25) is 0 Å². The molecule has 0 radical (unpaired) electrons. The van der Waals surface area contributed by atoms with Crippen LogP contribution in [0.4, 0.5) is 24.9 Å². The lowest BCUT2D eigenvalue weighted by molar-refractivity contribution is -0.137. The molecular formula is C24H29F3N6O2. The van der Waals surface area contributed by atoms with E-state index >= 15 is 0 Å². The number of alkyl halides is 3. The minimum absolute atomic E-state index is 0.0613. The Labute approximate surface area is 201 Å². The van der Waals surface area contributed by atoms with Crippen LogP contribution < -0.4 is 10.2 Å². The Bertz CT molecular complexity index is 1190. The monoisotopic (exact) mass is 490 g/mol. The van der Waals surface area contributed by atoms with E-state index in [2.05, 4.69) is 20.3 Å². The van der Waals surface area contributed by atoms with Gasteiger partial charge in [0.2, 0.25) is 5.95 Å². The summed E-state index contributed by atoms with van der Waals surface area (Å²) in [5.74, 6) is 1.25. The summed E-state index contributed by atoms with van der Waals surface area (Å²) in [5.41, 5.74) is -0.796. The summed E-state index contributed by atoms with van der Waals surface area (Å²) in [4.78, 5) is 11.6. The number of aliphatic hydroxyl groups is 1. The Morgan fingerprint density at radius 1 is 1.11 bits per heavy atom. The van der Waals surface area contributed by atoms with Crippen molar-refractivity contribution in [3.63, 3.8) is 0 Å². The highest BCUT2D eigenvalue weighted by Crippen LogP contribution is 2.35. The standard InChI is InChI=1S/C24H29F3N6O2/c1-23(2,34)15-6-9-32(10-7-15)20-19-13-28-33(18-5-3-4-16(12-18)24(25,26)27)21(19)31-22(30-20)29-17-8-11-35-14-17/h3-5,12-13,15,17,34H,6-11,14H2,1-2H3,(H,29,30,31)/t17-/m1/s1. The first-order valence-corrected chi connectivity index (χ1v) is 11.8. The maximum Gasteiger partial charge on any atom is 0.416 e. The second kappa shape index (κ2) is 8.94. The van der Waals surface area contributed by atoms with Gasteiger partial charge in [-0.25, -0.2) is 4.68 Å². The molecule has 5 rings (SSSR count). The minimum atomic E-state index is -4.46. The summed E-state index contributed by atoms with van der Waals surface area (Å²) in [5, 5.41) is 18.8. The van der Waals surface area contributed by atoms with E-state index in [9.17, 15) is 18.3 Å². The number of fused-ring (bicyclic) bond motifs is 1. The molecule has 0 amide bonds. The van der Waals surface area contributed by atoms with Crippen molar-refractivity contribution < 1.29 is 23.0 Å². The maximum atomic E-state index is 13.3. The molecule has 188 valence electrons. The van der Waals surface area contributed by atoms with Gasteiger partial charge in [-0.3, -0.25) is 0 Å². The Morgan fingerprint density at radius 2 is 1.89 bits per heavy atom. The van der Waals surface area contributed by atoms with Gasteiger partial charge < -0.3 is 20.1 Å². The topological polar surface area (TPSA) is 88.3 Å². The summed E-state index contributed by atoms with van der Waals surface area (Å²) >= 11 is 0. The van der Waals surface area contributed by atoms with Gasteiger partial charge in [-0.15, -0.1) is 0 Å². The van der Waals surface area contributed by atoms with Crippen molar-refractivity contribution in [2.45, 2.75) is 50.9 Å². The second-order valence-corrected chi connectivity index (χ2v) is 9.83. The van der Waals surface area contributed by atoms with Gasteiger partial charge in [0.15, 0.2) is 5.65 Å². The highest BCUT2D eigenvalue weighted by Gasteiger charge is 2.33. The average molecular weight is 491 g/mol. The van der Waals surface area contributed by atoms with Crippen LogP contribution in [0.5, 0.6) is 0 Å². The highest BCUT2D eigenvalue weighted by molar-refractivity contribution is 5.89. The van der Waals surface area contributed by atoms with Crippen molar-refractivity contribution in [3.8, 4) is 5.69 Å². The zero-order valence-corrected chi connectivity index (χ0v) is 19.7. The number of hydrogen-bond donors (Lipinski definition) is 2. The number of nitrogens with one attached hydrogen (secondary N) is 1. The third-order valence-corrected chi connectivity index (χ3v) is 6.88. The number of piperidine rings is 1. The van der Waals surface area contributed by atoms with E-state index < -0.39 is 17.3 Å². The van der Waals surface area contributed by atoms with E-state index in [1.807, 2.05) is 13.8 Å². The van der Waals surface area contributed by atoms with Gasteiger partial charge >= 0.3 is 6.18 Å². The molecule has 0 saturated carbocycles. The zero-order chi connectivity index (χ0) is 24.8. The van der Waals surface area contributed by atoms with Crippen LogP contribution in [-0.2, 0) is 10.9 Å². The highest BCUT2D eigenvalue weighted by atomic mass is 19.4. The third kappa shape index (κ3) is 4.92. The maximum absolute atomic E-state index is 13.3. The van der Waals surface area contributed by atoms with E-state index in [-0.39, 0.29) is 17.6 Å². The average Bonchev–Trinajstić information content (AvgIpc) is 3.48. The van der Waals surface area contributed by atoms with E-state index in [1.54, 1.807) is 12.3 Å². The molecule has 2 N–H and O–H groups in total. The lowest BCUT2D eigenvalue weighted by atomic mass is 9.83. The molecule has 0 unspecified atom stereocenters. The fourth-order valence-electron chi connectivity index (χ4n) is 4.83. The molecule has 2 saturated heterocycles. The van der Waals surface area contributed by atoms with E-state index in [0.717, 1.165) is 31.4 Å². The predicted molar refractivity (Wildman–Crippen MR) is 126 cm³/mol. The summed E-state index contributed by atoms with van der Waals surface area (Å²) < 4.78 is 46.9. The molecule has 2 aliphatic heterocycles. The van der Waals surface area contributed by atoms with Crippen molar-refractivity contribution in [2.24, 2.45) is 5.92 Å². The lowest BCUT2D eigenvalue weighted by Gasteiger charge is -2.38. The minimum Gasteiger partial charge on any atom is -0.390 e. The molecule has 35 heavy (non-hydrogen) atoms. The number of aromatic nitrogens is 4. The third-order valence-electron chi connectivity index (χ3n) is 6.88. The van der Waals surface area contributed by atoms with Crippen molar-refractivity contribution in [1.29, 1.82) is 0 Å². The van der Waals surface area contributed by atoms with Gasteiger partial charge in [0.05, 0.1) is 41.1 Å². The largest absolute Gasteiger partial charge is 0.416 e. The smallest absolute Gasteiger partial charge is 0.390 e. The molecule has 2 aromatic heterocycles. The number of ether oxygens (including phenoxy) is 1. The first kappa shape index (κ1) is 23.8.